The van der Waals surface area contributed by atoms with Crippen molar-refractivity contribution in [3.63, 3.8) is 0 Å². The van der Waals surface area contributed by atoms with Crippen molar-refractivity contribution in [1.29, 1.82) is 0 Å². The van der Waals surface area contributed by atoms with Crippen LogP contribution in [0.3, 0.4) is 0 Å². The van der Waals surface area contributed by atoms with E-state index < -0.39 is 17.7 Å². The molecule has 6 heteroatoms. The summed E-state index contributed by atoms with van der Waals surface area (Å²) in [5.74, 6) is -1.23. The van der Waals surface area contributed by atoms with Crippen molar-refractivity contribution in [2.75, 3.05) is 4.90 Å². The number of anilines is 1. The van der Waals surface area contributed by atoms with Gasteiger partial charge in [-0.1, -0.05) is 42.5 Å². The zero-order chi connectivity index (χ0) is 22.4. The van der Waals surface area contributed by atoms with Crippen LogP contribution in [0.2, 0.25) is 0 Å². The van der Waals surface area contributed by atoms with E-state index in [9.17, 15) is 19.8 Å². The first-order chi connectivity index (χ1) is 15.5. The number of fused-ring (bicyclic) bond motifs is 1. The molecule has 0 radical (unpaired) electrons. The number of aliphatic hydroxyl groups excluding tert-OH is 1. The average molecular weight is 427 g/mol. The van der Waals surface area contributed by atoms with Crippen LogP contribution < -0.4 is 9.64 Å². The van der Waals surface area contributed by atoms with Gasteiger partial charge in [0.1, 0.15) is 23.4 Å². The molecule has 2 unspecified atom stereocenters. The molecule has 1 fully saturated rings. The quantitative estimate of drug-likeness (QED) is 0.369. The van der Waals surface area contributed by atoms with E-state index in [4.69, 9.17) is 4.74 Å². The van der Waals surface area contributed by atoms with Crippen molar-refractivity contribution in [2.45, 2.75) is 25.5 Å². The Morgan fingerprint density at radius 1 is 1.00 bits per heavy atom. The van der Waals surface area contributed by atoms with E-state index in [1.165, 1.54) is 11.0 Å². The summed E-state index contributed by atoms with van der Waals surface area (Å²) < 4.78 is 5.73. The van der Waals surface area contributed by atoms with Gasteiger partial charge in [-0.15, -0.1) is 0 Å². The number of rotatable bonds is 3. The van der Waals surface area contributed by atoms with Crippen molar-refractivity contribution in [3.05, 3.63) is 95.1 Å². The lowest BCUT2D eigenvalue weighted by Crippen LogP contribution is -2.29. The largest absolute Gasteiger partial charge is 0.507 e. The highest BCUT2D eigenvalue weighted by atomic mass is 16.5. The number of carbonyl (C=O) groups excluding carboxylic acids is 2. The SMILES string of the molecule is CC1Cc2cc(/C(O)=C3/C(=O)C(=O)N(c4ccccc4O)C3c3ccccc3)ccc2O1. The maximum Gasteiger partial charge on any atom is 0.300 e. The molecular formula is C26H21NO5. The molecule has 0 aliphatic carbocycles. The standard InChI is InChI=1S/C26H21NO5/c1-15-13-18-14-17(11-12-21(18)32-15)24(29)22-23(16-7-3-2-4-8-16)27(26(31)25(22)30)19-9-5-6-10-20(19)28/h2-12,14-15,23,28-29H,13H2,1H3/b24-22-. The minimum Gasteiger partial charge on any atom is -0.507 e. The number of phenolic OH excluding ortho intramolecular Hbond substituents is 1. The van der Waals surface area contributed by atoms with Crippen LogP contribution in [0.4, 0.5) is 5.69 Å². The summed E-state index contributed by atoms with van der Waals surface area (Å²) in [6, 6.07) is 19.7. The van der Waals surface area contributed by atoms with Crippen LogP contribution in [0, 0.1) is 0 Å². The molecule has 32 heavy (non-hydrogen) atoms. The van der Waals surface area contributed by atoms with E-state index in [1.807, 2.05) is 13.0 Å². The van der Waals surface area contributed by atoms with Gasteiger partial charge in [0, 0.05) is 12.0 Å². The van der Waals surface area contributed by atoms with Gasteiger partial charge in [0.25, 0.3) is 11.7 Å². The number of hydrogen-bond acceptors (Lipinski definition) is 5. The monoisotopic (exact) mass is 427 g/mol. The van der Waals surface area contributed by atoms with E-state index in [0.29, 0.717) is 17.5 Å². The Bertz CT molecular complexity index is 1260. The molecule has 2 aliphatic rings. The third-order valence-electron chi connectivity index (χ3n) is 5.87. The van der Waals surface area contributed by atoms with Gasteiger partial charge in [-0.25, -0.2) is 0 Å². The van der Waals surface area contributed by atoms with E-state index >= 15 is 0 Å². The maximum absolute atomic E-state index is 13.2. The number of para-hydroxylation sites is 2. The molecule has 0 aromatic heterocycles. The number of hydrogen-bond donors (Lipinski definition) is 2. The van der Waals surface area contributed by atoms with E-state index in [0.717, 1.165) is 11.3 Å². The first-order valence-corrected chi connectivity index (χ1v) is 10.4. The summed E-state index contributed by atoms with van der Waals surface area (Å²) in [6.45, 7) is 1.97. The molecule has 3 aromatic rings. The second-order valence-corrected chi connectivity index (χ2v) is 8.02. The molecule has 1 saturated heterocycles. The molecule has 3 aromatic carbocycles. The number of phenols is 1. The highest BCUT2D eigenvalue weighted by Gasteiger charge is 2.47. The zero-order valence-corrected chi connectivity index (χ0v) is 17.4. The average Bonchev–Trinajstić information content (AvgIpc) is 3.30. The summed E-state index contributed by atoms with van der Waals surface area (Å²) in [6.07, 6.45) is 0.739. The minimum absolute atomic E-state index is 0.0173. The number of ether oxygens (including phenoxy) is 1. The first kappa shape index (κ1) is 19.9. The molecular weight excluding hydrogens is 406 g/mol. The molecule has 0 spiro atoms. The predicted molar refractivity (Wildman–Crippen MR) is 120 cm³/mol. The molecule has 2 heterocycles. The van der Waals surface area contributed by atoms with Gasteiger partial charge in [0.05, 0.1) is 17.3 Å². The molecule has 1 amide bonds. The molecule has 0 saturated carbocycles. The van der Waals surface area contributed by atoms with Crippen LogP contribution in [-0.4, -0.2) is 28.0 Å². The number of ketones is 1. The zero-order valence-electron chi connectivity index (χ0n) is 17.4. The number of aliphatic hydroxyl groups is 1. The Morgan fingerprint density at radius 2 is 1.72 bits per heavy atom. The van der Waals surface area contributed by atoms with Gasteiger partial charge < -0.3 is 14.9 Å². The molecule has 2 N–H and O–H groups in total. The third kappa shape index (κ3) is 3.12. The van der Waals surface area contributed by atoms with Crippen LogP contribution in [0.5, 0.6) is 11.5 Å². The van der Waals surface area contributed by atoms with E-state index in [-0.39, 0.29) is 28.9 Å². The highest BCUT2D eigenvalue weighted by molar-refractivity contribution is 6.51. The number of Topliss-reactive ketones (excluding diaryl/α,β-unsaturated/α-hetero) is 1. The van der Waals surface area contributed by atoms with E-state index in [2.05, 4.69) is 0 Å². The van der Waals surface area contributed by atoms with E-state index in [1.54, 1.807) is 60.7 Å². The Labute approximate surface area is 185 Å². The second kappa shape index (κ2) is 7.57. The van der Waals surface area contributed by atoms with Crippen molar-refractivity contribution >= 4 is 23.1 Å². The summed E-state index contributed by atoms with van der Waals surface area (Å²) in [5, 5.41) is 21.7. The van der Waals surface area contributed by atoms with Crippen molar-refractivity contribution in [3.8, 4) is 11.5 Å². The van der Waals surface area contributed by atoms with Gasteiger partial charge in [0.15, 0.2) is 0 Å². The van der Waals surface area contributed by atoms with Crippen molar-refractivity contribution < 1.29 is 24.5 Å². The number of carbonyl (C=O) groups is 2. The minimum atomic E-state index is -0.882. The van der Waals surface area contributed by atoms with Gasteiger partial charge in [-0.2, -0.15) is 0 Å². The van der Waals surface area contributed by atoms with Crippen LogP contribution >= 0.6 is 0 Å². The van der Waals surface area contributed by atoms with Crippen LogP contribution in [-0.2, 0) is 16.0 Å². The number of amides is 1. The number of benzene rings is 3. The molecule has 2 aliphatic heterocycles. The van der Waals surface area contributed by atoms with Crippen molar-refractivity contribution in [2.24, 2.45) is 0 Å². The van der Waals surface area contributed by atoms with Gasteiger partial charge >= 0.3 is 0 Å². The van der Waals surface area contributed by atoms with Crippen LogP contribution in [0.15, 0.2) is 78.4 Å². The maximum atomic E-state index is 13.2. The van der Waals surface area contributed by atoms with Gasteiger partial charge in [-0.05, 0) is 48.4 Å². The fourth-order valence-electron chi connectivity index (χ4n) is 4.42. The summed E-state index contributed by atoms with van der Waals surface area (Å²) >= 11 is 0. The van der Waals surface area contributed by atoms with Crippen LogP contribution in [0.1, 0.15) is 29.7 Å². The lowest BCUT2D eigenvalue weighted by molar-refractivity contribution is -0.132. The molecule has 5 rings (SSSR count). The number of nitrogens with zero attached hydrogens (tertiary/aromatic N) is 1. The molecule has 0 bridgehead atoms. The Hall–Kier alpha value is -4.06. The summed E-state index contributed by atoms with van der Waals surface area (Å²) in [4.78, 5) is 27.5. The molecule has 2 atom stereocenters. The lowest BCUT2D eigenvalue weighted by atomic mass is 9.94. The fraction of sp³-hybridized carbons (Fsp3) is 0.154. The predicted octanol–water partition coefficient (Wildman–Crippen LogP) is 4.34. The second-order valence-electron chi connectivity index (χ2n) is 8.02. The topological polar surface area (TPSA) is 87.1 Å². The summed E-state index contributed by atoms with van der Waals surface area (Å²) in [5.41, 5.74) is 2.22. The first-order valence-electron chi connectivity index (χ1n) is 10.4. The third-order valence-corrected chi connectivity index (χ3v) is 5.87. The normalized spacial score (nSPS) is 21.5. The Balaban J connectivity index is 1.70. The number of aromatic hydroxyl groups is 1. The lowest BCUT2D eigenvalue weighted by Gasteiger charge is -2.26. The Kier molecular flexibility index (Phi) is 4.70. The Morgan fingerprint density at radius 3 is 2.47 bits per heavy atom. The highest BCUT2D eigenvalue weighted by Crippen LogP contribution is 2.45. The van der Waals surface area contributed by atoms with Crippen molar-refractivity contribution in [1.82, 2.24) is 0 Å². The smallest absolute Gasteiger partial charge is 0.300 e. The summed E-state index contributed by atoms with van der Waals surface area (Å²) in [7, 11) is 0. The van der Waals surface area contributed by atoms with Gasteiger partial charge in [0.2, 0.25) is 0 Å². The van der Waals surface area contributed by atoms with Crippen LogP contribution in [0.25, 0.3) is 5.76 Å². The van der Waals surface area contributed by atoms with Gasteiger partial charge in [-0.3, -0.25) is 14.5 Å². The fourth-order valence-corrected chi connectivity index (χ4v) is 4.42. The molecule has 160 valence electrons. The molecule has 6 nitrogen and oxygen atoms in total.